The van der Waals surface area contributed by atoms with E-state index in [9.17, 15) is 4.79 Å². The molecule has 1 nitrogen and oxygen atoms in total. The maximum atomic E-state index is 12.0. The van der Waals surface area contributed by atoms with E-state index in [0.29, 0.717) is 0 Å². The molecule has 0 N–H and O–H groups in total. The molecule has 0 aromatic heterocycles. The van der Waals surface area contributed by atoms with Crippen molar-refractivity contribution in [1.29, 1.82) is 0 Å². The third kappa shape index (κ3) is 2.63. The van der Waals surface area contributed by atoms with Crippen LogP contribution in [0.5, 0.6) is 0 Å². The van der Waals surface area contributed by atoms with Crippen molar-refractivity contribution < 1.29 is 4.79 Å². The Morgan fingerprint density at radius 3 is 2.65 bits per heavy atom. The van der Waals surface area contributed by atoms with Crippen molar-refractivity contribution in [1.82, 2.24) is 0 Å². The average Bonchev–Trinajstić information content (AvgIpc) is 2.36. The van der Waals surface area contributed by atoms with Crippen LogP contribution in [0.2, 0.25) is 0 Å². The van der Waals surface area contributed by atoms with Crippen LogP contribution in [0.15, 0.2) is 30.8 Å². The Kier molecular flexibility index (Phi) is 4.06. The summed E-state index contributed by atoms with van der Waals surface area (Å²) in [6, 6.07) is 7.82. The molecule has 1 heterocycles. The van der Waals surface area contributed by atoms with Crippen molar-refractivity contribution in [2.75, 3.05) is 0 Å². The standard InChI is InChI=1S/C15H18OS/c1-3-4-5-10-14-11(2)12-8-6-7-9-13(12)15(16)17-14/h6-9,14H,2-5,10H2,1H3. The average molecular weight is 246 g/mol. The third-order valence-electron chi connectivity index (χ3n) is 3.20. The van der Waals surface area contributed by atoms with Gasteiger partial charge < -0.3 is 0 Å². The smallest absolute Gasteiger partial charge is 0.220 e. The Hall–Kier alpha value is -1.02. The maximum absolute atomic E-state index is 12.0. The molecule has 0 amide bonds. The lowest BCUT2D eigenvalue weighted by atomic mass is 9.96. The van der Waals surface area contributed by atoms with Gasteiger partial charge in [0.2, 0.25) is 5.12 Å². The second kappa shape index (κ2) is 5.54. The lowest BCUT2D eigenvalue weighted by Gasteiger charge is -2.25. The van der Waals surface area contributed by atoms with Crippen LogP contribution in [0.4, 0.5) is 0 Å². The van der Waals surface area contributed by atoms with E-state index in [0.717, 1.165) is 23.1 Å². The van der Waals surface area contributed by atoms with Crippen LogP contribution < -0.4 is 0 Å². The number of fused-ring (bicyclic) bond motifs is 1. The summed E-state index contributed by atoms with van der Waals surface area (Å²) in [5.74, 6) is 0. The predicted molar refractivity (Wildman–Crippen MR) is 75.3 cm³/mol. The summed E-state index contributed by atoms with van der Waals surface area (Å²) in [6.07, 6.45) is 4.70. The second-order valence-electron chi connectivity index (χ2n) is 4.46. The molecule has 0 bridgehead atoms. The predicted octanol–water partition coefficient (Wildman–Crippen LogP) is 4.54. The highest BCUT2D eigenvalue weighted by Gasteiger charge is 2.27. The van der Waals surface area contributed by atoms with Crippen LogP contribution in [0.3, 0.4) is 0 Å². The van der Waals surface area contributed by atoms with Crippen molar-refractivity contribution in [3.63, 3.8) is 0 Å². The SMILES string of the molecule is C=C1c2ccccc2C(=O)SC1CCCCC. The van der Waals surface area contributed by atoms with Crippen molar-refractivity contribution in [3.05, 3.63) is 42.0 Å². The molecule has 1 aliphatic rings. The monoisotopic (exact) mass is 246 g/mol. The maximum Gasteiger partial charge on any atom is 0.220 e. The van der Waals surface area contributed by atoms with E-state index in [1.807, 2.05) is 24.3 Å². The van der Waals surface area contributed by atoms with Gasteiger partial charge >= 0.3 is 0 Å². The Morgan fingerprint density at radius 1 is 1.24 bits per heavy atom. The first kappa shape index (κ1) is 12.4. The Labute approximate surface area is 107 Å². The number of carbonyl (C=O) groups is 1. The first-order valence-electron chi connectivity index (χ1n) is 6.23. The van der Waals surface area contributed by atoms with Gasteiger partial charge in [0.25, 0.3) is 0 Å². The molecule has 0 spiro atoms. The molecule has 0 radical (unpaired) electrons. The fourth-order valence-corrected chi connectivity index (χ4v) is 3.31. The summed E-state index contributed by atoms with van der Waals surface area (Å²) >= 11 is 1.45. The number of rotatable bonds is 4. The van der Waals surface area contributed by atoms with E-state index in [1.54, 1.807) is 0 Å². The van der Waals surface area contributed by atoms with Crippen molar-refractivity contribution in [2.24, 2.45) is 0 Å². The molecular formula is C15H18OS. The van der Waals surface area contributed by atoms with Gasteiger partial charge in [-0.25, -0.2) is 0 Å². The lowest BCUT2D eigenvalue weighted by Crippen LogP contribution is -2.17. The van der Waals surface area contributed by atoms with Gasteiger partial charge in [-0.3, -0.25) is 4.79 Å². The van der Waals surface area contributed by atoms with Gasteiger partial charge in [0.15, 0.2) is 0 Å². The van der Waals surface area contributed by atoms with Gasteiger partial charge in [0, 0.05) is 10.8 Å². The molecule has 0 aliphatic carbocycles. The van der Waals surface area contributed by atoms with Crippen LogP contribution in [-0.4, -0.2) is 10.4 Å². The lowest BCUT2D eigenvalue weighted by molar-refractivity contribution is 0.108. The number of unbranched alkanes of at least 4 members (excludes halogenated alkanes) is 2. The number of thioether (sulfide) groups is 1. The summed E-state index contributed by atoms with van der Waals surface area (Å²) in [7, 11) is 0. The number of hydrogen-bond donors (Lipinski definition) is 0. The van der Waals surface area contributed by atoms with E-state index in [-0.39, 0.29) is 10.4 Å². The van der Waals surface area contributed by atoms with Crippen LogP contribution in [0, 0.1) is 0 Å². The molecule has 2 heteroatoms. The summed E-state index contributed by atoms with van der Waals surface area (Å²) in [5, 5.41) is 0.485. The Balaban J connectivity index is 2.15. The molecule has 90 valence electrons. The number of carbonyl (C=O) groups excluding carboxylic acids is 1. The molecule has 2 rings (SSSR count). The summed E-state index contributed by atoms with van der Waals surface area (Å²) < 4.78 is 0. The van der Waals surface area contributed by atoms with Gasteiger partial charge in [-0.1, -0.05) is 62.7 Å². The zero-order valence-electron chi connectivity index (χ0n) is 10.2. The van der Waals surface area contributed by atoms with E-state index in [2.05, 4.69) is 13.5 Å². The molecule has 0 saturated carbocycles. The first-order valence-corrected chi connectivity index (χ1v) is 7.11. The fraction of sp³-hybridized carbons (Fsp3) is 0.400. The molecule has 1 unspecified atom stereocenters. The molecule has 1 atom stereocenters. The van der Waals surface area contributed by atoms with Crippen LogP contribution in [-0.2, 0) is 0 Å². The number of hydrogen-bond acceptors (Lipinski definition) is 2. The summed E-state index contributed by atoms with van der Waals surface area (Å²) in [6.45, 7) is 6.37. The van der Waals surface area contributed by atoms with E-state index in [1.165, 1.54) is 31.0 Å². The molecule has 1 aromatic carbocycles. The van der Waals surface area contributed by atoms with E-state index < -0.39 is 0 Å². The Bertz CT molecular complexity index is 436. The van der Waals surface area contributed by atoms with Gasteiger partial charge in [-0.05, 0) is 23.6 Å². The van der Waals surface area contributed by atoms with Crippen molar-refractivity contribution in [2.45, 2.75) is 37.9 Å². The minimum atomic E-state index is 0.203. The van der Waals surface area contributed by atoms with E-state index >= 15 is 0 Å². The minimum absolute atomic E-state index is 0.203. The molecule has 1 aliphatic heterocycles. The molecule has 0 saturated heterocycles. The van der Waals surface area contributed by atoms with Gasteiger partial charge in [-0.15, -0.1) is 0 Å². The summed E-state index contributed by atoms with van der Waals surface area (Å²) in [4.78, 5) is 12.0. The van der Waals surface area contributed by atoms with Crippen molar-refractivity contribution in [3.8, 4) is 0 Å². The highest BCUT2D eigenvalue weighted by molar-refractivity contribution is 8.15. The zero-order valence-corrected chi connectivity index (χ0v) is 11.1. The largest absolute Gasteiger partial charge is 0.282 e. The first-order chi connectivity index (χ1) is 8.24. The normalized spacial score (nSPS) is 19.2. The molecule has 0 fully saturated rings. The van der Waals surface area contributed by atoms with Gasteiger partial charge in [0.1, 0.15) is 0 Å². The topological polar surface area (TPSA) is 17.1 Å². The van der Waals surface area contributed by atoms with Crippen LogP contribution >= 0.6 is 11.8 Å². The molecular weight excluding hydrogens is 228 g/mol. The second-order valence-corrected chi connectivity index (χ2v) is 5.64. The quantitative estimate of drug-likeness (QED) is 0.726. The summed E-state index contributed by atoms with van der Waals surface area (Å²) in [5.41, 5.74) is 3.01. The van der Waals surface area contributed by atoms with Crippen LogP contribution in [0.1, 0.15) is 48.5 Å². The zero-order chi connectivity index (χ0) is 12.3. The number of benzene rings is 1. The third-order valence-corrected chi connectivity index (χ3v) is 4.44. The fourth-order valence-electron chi connectivity index (χ4n) is 2.19. The highest BCUT2D eigenvalue weighted by atomic mass is 32.2. The van der Waals surface area contributed by atoms with E-state index in [4.69, 9.17) is 0 Å². The Morgan fingerprint density at radius 2 is 1.94 bits per heavy atom. The van der Waals surface area contributed by atoms with Crippen LogP contribution in [0.25, 0.3) is 5.57 Å². The molecule has 1 aromatic rings. The highest BCUT2D eigenvalue weighted by Crippen LogP contribution is 2.39. The minimum Gasteiger partial charge on any atom is -0.282 e. The molecule has 17 heavy (non-hydrogen) atoms. The van der Waals surface area contributed by atoms with Crippen molar-refractivity contribution >= 4 is 22.5 Å². The van der Waals surface area contributed by atoms with Gasteiger partial charge in [-0.2, -0.15) is 0 Å². The van der Waals surface area contributed by atoms with Gasteiger partial charge in [0.05, 0.1) is 0 Å².